The molecular weight excluding hydrogens is 302 g/mol. The molecule has 1 atom stereocenters. The fourth-order valence-corrected chi connectivity index (χ4v) is 2.44. The Morgan fingerprint density at radius 3 is 2.42 bits per heavy atom. The van der Waals surface area contributed by atoms with Crippen LogP contribution in [0.5, 0.6) is 0 Å². The minimum atomic E-state index is -0.570. The van der Waals surface area contributed by atoms with E-state index in [0.717, 1.165) is 31.2 Å². The van der Waals surface area contributed by atoms with Gasteiger partial charge in [-0.15, -0.1) is 0 Å². The maximum Gasteiger partial charge on any atom is 0.328 e. The number of nitrogens with one attached hydrogen (secondary N) is 1. The predicted molar refractivity (Wildman–Crippen MR) is 96.6 cm³/mol. The van der Waals surface area contributed by atoms with Crippen LogP contribution in [-0.4, -0.2) is 24.5 Å². The second-order valence-electron chi connectivity index (χ2n) is 6.50. The van der Waals surface area contributed by atoms with Gasteiger partial charge in [0.1, 0.15) is 6.04 Å². The largest absolute Gasteiger partial charge is 0.464 e. The number of esters is 1. The van der Waals surface area contributed by atoms with Gasteiger partial charge in [0.2, 0.25) is 5.91 Å². The van der Waals surface area contributed by atoms with Crippen LogP contribution in [0.25, 0.3) is 0 Å². The summed E-state index contributed by atoms with van der Waals surface area (Å²) in [6.07, 6.45) is 5.30. The number of unbranched alkanes of at least 4 members (excludes halogenated alkanes) is 3. The Hall–Kier alpha value is -1.84. The van der Waals surface area contributed by atoms with Gasteiger partial charge in [0, 0.05) is 6.42 Å². The lowest BCUT2D eigenvalue weighted by Crippen LogP contribution is -2.45. The summed E-state index contributed by atoms with van der Waals surface area (Å²) in [5, 5.41) is 2.83. The molecule has 1 aromatic carbocycles. The van der Waals surface area contributed by atoms with Crippen molar-refractivity contribution in [3.05, 3.63) is 35.9 Å². The van der Waals surface area contributed by atoms with E-state index in [-0.39, 0.29) is 17.8 Å². The van der Waals surface area contributed by atoms with Gasteiger partial charge in [0.05, 0.1) is 6.61 Å². The number of benzene rings is 1. The average Bonchev–Trinajstić information content (AvgIpc) is 2.58. The smallest absolute Gasteiger partial charge is 0.328 e. The summed E-state index contributed by atoms with van der Waals surface area (Å²) in [4.78, 5) is 24.3. The molecule has 1 aromatic rings. The molecule has 1 unspecified atom stereocenters. The third kappa shape index (κ3) is 8.14. The molecule has 1 N–H and O–H groups in total. The van der Waals surface area contributed by atoms with E-state index >= 15 is 0 Å². The molecule has 0 radical (unpaired) electrons. The van der Waals surface area contributed by atoms with Crippen LogP contribution < -0.4 is 5.32 Å². The molecule has 4 nitrogen and oxygen atoms in total. The highest BCUT2D eigenvalue weighted by Crippen LogP contribution is 2.08. The van der Waals surface area contributed by atoms with Crippen LogP contribution in [0.2, 0.25) is 0 Å². The minimum Gasteiger partial charge on any atom is -0.464 e. The number of hydrogen-bond donors (Lipinski definition) is 1. The average molecular weight is 333 g/mol. The molecule has 1 amide bonds. The Bertz CT molecular complexity index is 485. The van der Waals surface area contributed by atoms with Crippen molar-refractivity contribution in [2.75, 3.05) is 6.61 Å². The summed E-state index contributed by atoms with van der Waals surface area (Å²) >= 11 is 0. The summed E-state index contributed by atoms with van der Waals surface area (Å²) in [6.45, 7) is 6.41. The summed E-state index contributed by atoms with van der Waals surface area (Å²) in [5.41, 5.74) is 1.12. The molecule has 0 bridgehead atoms. The van der Waals surface area contributed by atoms with Crippen LogP contribution in [0.1, 0.15) is 58.4 Å². The third-order valence-electron chi connectivity index (χ3n) is 3.96. The molecule has 0 saturated heterocycles. The van der Waals surface area contributed by atoms with Gasteiger partial charge in [0.25, 0.3) is 0 Å². The Morgan fingerprint density at radius 1 is 1.08 bits per heavy atom. The quantitative estimate of drug-likeness (QED) is 0.494. The molecule has 4 heteroatoms. The van der Waals surface area contributed by atoms with Gasteiger partial charge in [-0.2, -0.15) is 0 Å². The molecule has 0 fully saturated rings. The van der Waals surface area contributed by atoms with E-state index in [2.05, 4.69) is 12.2 Å². The van der Waals surface area contributed by atoms with E-state index in [4.69, 9.17) is 4.74 Å². The van der Waals surface area contributed by atoms with E-state index in [9.17, 15) is 9.59 Å². The van der Waals surface area contributed by atoms with Gasteiger partial charge in [-0.3, -0.25) is 4.79 Å². The zero-order valence-electron chi connectivity index (χ0n) is 15.2. The Morgan fingerprint density at radius 2 is 1.79 bits per heavy atom. The summed E-state index contributed by atoms with van der Waals surface area (Å²) in [7, 11) is 0. The lowest BCUT2D eigenvalue weighted by molar-refractivity contribution is -0.149. The molecular formula is C20H31NO3. The Balaban J connectivity index is 2.38. The number of ether oxygens (including phenoxy) is 1. The lowest BCUT2D eigenvalue weighted by atomic mass is 10.0. The monoisotopic (exact) mass is 333 g/mol. The van der Waals surface area contributed by atoms with E-state index in [1.807, 2.05) is 44.2 Å². The van der Waals surface area contributed by atoms with Crippen molar-refractivity contribution in [1.29, 1.82) is 0 Å². The van der Waals surface area contributed by atoms with Crippen molar-refractivity contribution in [3.63, 3.8) is 0 Å². The molecule has 134 valence electrons. The third-order valence-corrected chi connectivity index (χ3v) is 3.96. The summed E-state index contributed by atoms with van der Waals surface area (Å²) in [5.74, 6) is -0.427. The van der Waals surface area contributed by atoms with E-state index in [0.29, 0.717) is 19.4 Å². The van der Waals surface area contributed by atoms with E-state index in [1.165, 1.54) is 0 Å². The summed E-state index contributed by atoms with van der Waals surface area (Å²) in [6, 6.07) is 9.30. The van der Waals surface area contributed by atoms with Crippen LogP contribution in [0, 0.1) is 5.92 Å². The zero-order valence-corrected chi connectivity index (χ0v) is 15.2. The molecule has 0 saturated carbocycles. The first-order chi connectivity index (χ1) is 11.5. The van der Waals surface area contributed by atoms with Crippen LogP contribution >= 0.6 is 0 Å². The number of aryl methyl sites for hydroxylation is 1. The molecule has 24 heavy (non-hydrogen) atoms. The van der Waals surface area contributed by atoms with Crippen LogP contribution in [-0.2, 0) is 20.7 Å². The highest BCUT2D eigenvalue weighted by Gasteiger charge is 2.25. The SMILES string of the molecule is CCCCCCOC(=O)C(NC(=O)CCc1ccccc1)C(C)C. The summed E-state index contributed by atoms with van der Waals surface area (Å²) < 4.78 is 5.32. The first kappa shape index (κ1) is 20.2. The molecule has 0 aliphatic carbocycles. The standard InChI is InChI=1S/C20H31NO3/c1-4-5-6-10-15-24-20(23)19(16(2)3)21-18(22)14-13-17-11-8-7-9-12-17/h7-9,11-12,16,19H,4-6,10,13-15H2,1-3H3,(H,21,22). The maximum atomic E-state index is 12.2. The topological polar surface area (TPSA) is 55.4 Å². The molecule has 1 rings (SSSR count). The van der Waals surface area contributed by atoms with Crippen molar-refractivity contribution in [2.45, 2.75) is 65.3 Å². The first-order valence-corrected chi connectivity index (χ1v) is 9.04. The highest BCUT2D eigenvalue weighted by molar-refractivity contribution is 5.84. The number of carbonyl (C=O) groups is 2. The van der Waals surface area contributed by atoms with Gasteiger partial charge in [-0.25, -0.2) is 4.79 Å². The van der Waals surface area contributed by atoms with Crippen LogP contribution in [0.3, 0.4) is 0 Å². The van der Waals surface area contributed by atoms with E-state index in [1.54, 1.807) is 0 Å². The number of rotatable bonds is 11. The van der Waals surface area contributed by atoms with Gasteiger partial charge in [-0.05, 0) is 24.3 Å². The van der Waals surface area contributed by atoms with Crippen molar-refractivity contribution in [1.82, 2.24) is 5.32 Å². The van der Waals surface area contributed by atoms with Gasteiger partial charge in [-0.1, -0.05) is 70.4 Å². The normalized spacial score (nSPS) is 12.0. The zero-order chi connectivity index (χ0) is 17.8. The highest BCUT2D eigenvalue weighted by atomic mass is 16.5. The fourth-order valence-electron chi connectivity index (χ4n) is 2.44. The first-order valence-electron chi connectivity index (χ1n) is 9.04. The maximum absolute atomic E-state index is 12.2. The van der Waals surface area contributed by atoms with Crippen molar-refractivity contribution >= 4 is 11.9 Å². The number of hydrogen-bond acceptors (Lipinski definition) is 3. The van der Waals surface area contributed by atoms with Crippen molar-refractivity contribution in [2.24, 2.45) is 5.92 Å². The van der Waals surface area contributed by atoms with Gasteiger partial charge in [0.15, 0.2) is 0 Å². The Kier molecular flexibility index (Phi) is 9.81. The molecule has 0 spiro atoms. The molecule has 0 aliphatic rings. The minimum absolute atomic E-state index is 0.00816. The fraction of sp³-hybridized carbons (Fsp3) is 0.600. The number of amides is 1. The van der Waals surface area contributed by atoms with Crippen LogP contribution in [0.15, 0.2) is 30.3 Å². The second kappa shape index (κ2) is 11.7. The van der Waals surface area contributed by atoms with Gasteiger partial charge < -0.3 is 10.1 Å². The van der Waals surface area contributed by atoms with Crippen molar-refractivity contribution < 1.29 is 14.3 Å². The van der Waals surface area contributed by atoms with Crippen LogP contribution in [0.4, 0.5) is 0 Å². The number of carbonyl (C=O) groups excluding carboxylic acids is 2. The molecule has 0 aliphatic heterocycles. The molecule has 0 heterocycles. The van der Waals surface area contributed by atoms with Gasteiger partial charge >= 0.3 is 5.97 Å². The van der Waals surface area contributed by atoms with E-state index < -0.39 is 6.04 Å². The second-order valence-corrected chi connectivity index (χ2v) is 6.50. The molecule has 0 aromatic heterocycles. The lowest BCUT2D eigenvalue weighted by Gasteiger charge is -2.21. The van der Waals surface area contributed by atoms with Crippen molar-refractivity contribution in [3.8, 4) is 0 Å². The predicted octanol–water partition coefficient (Wildman–Crippen LogP) is 3.88. The Labute approximate surface area is 146 Å².